The number of carboxylic acid groups (broad SMARTS) is 1. The highest BCUT2D eigenvalue weighted by Gasteiger charge is 2.15. The zero-order valence-corrected chi connectivity index (χ0v) is 13.0. The van der Waals surface area contributed by atoms with Crippen molar-refractivity contribution in [2.45, 2.75) is 6.92 Å². The van der Waals surface area contributed by atoms with E-state index in [0.29, 0.717) is 16.6 Å². The summed E-state index contributed by atoms with van der Waals surface area (Å²) < 4.78 is 26.6. The smallest absolute Gasteiger partial charge is 0.336 e. The van der Waals surface area contributed by atoms with Gasteiger partial charge in [0, 0.05) is 23.6 Å². The van der Waals surface area contributed by atoms with E-state index in [1.807, 2.05) is 0 Å². The van der Waals surface area contributed by atoms with Crippen LogP contribution in [0.4, 0.5) is 14.5 Å². The lowest BCUT2D eigenvalue weighted by Gasteiger charge is -2.09. The number of amides is 1. The third-order valence-corrected chi connectivity index (χ3v) is 3.58. The first-order chi connectivity index (χ1) is 11.8. The SMILES string of the molecule is CC(=O)Nc1ccc2c(C(=O)O)cc(-c3ccc(F)c(F)c3)nc2c1. The quantitative estimate of drug-likeness (QED) is 0.758. The first kappa shape index (κ1) is 16.5. The predicted octanol–water partition coefficient (Wildman–Crippen LogP) is 3.84. The third kappa shape index (κ3) is 3.30. The molecule has 0 aliphatic rings. The molecule has 7 heteroatoms. The lowest BCUT2D eigenvalue weighted by Crippen LogP contribution is -2.06. The van der Waals surface area contributed by atoms with E-state index in [-0.39, 0.29) is 22.7 Å². The van der Waals surface area contributed by atoms with Crippen molar-refractivity contribution in [1.29, 1.82) is 0 Å². The number of fused-ring (bicyclic) bond motifs is 1. The van der Waals surface area contributed by atoms with Gasteiger partial charge in [-0.25, -0.2) is 18.6 Å². The molecule has 126 valence electrons. The van der Waals surface area contributed by atoms with E-state index >= 15 is 0 Å². The first-order valence-electron chi connectivity index (χ1n) is 7.26. The molecule has 0 saturated carbocycles. The molecule has 3 aromatic rings. The van der Waals surface area contributed by atoms with Crippen LogP contribution in [-0.4, -0.2) is 22.0 Å². The van der Waals surface area contributed by atoms with E-state index in [2.05, 4.69) is 10.3 Å². The molecular formula is C18H12F2N2O3. The number of benzene rings is 2. The zero-order valence-electron chi connectivity index (χ0n) is 13.0. The molecule has 0 aliphatic carbocycles. The van der Waals surface area contributed by atoms with Gasteiger partial charge >= 0.3 is 5.97 Å². The lowest BCUT2D eigenvalue weighted by molar-refractivity contribution is -0.114. The van der Waals surface area contributed by atoms with Crippen LogP contribution in [0.2, 0.25) is 0 Å². The Kier molecular flexibility index (Phi) is 4.14. The molecule has 3 rings (SSSR count). The molecule has 1 amide bonds. The van der Waals surface area contributed by atoms with Gasteiger partial charge in [-0.2, -0.15) is 0 Å². The number of carbonyl (C=O) groups excluding carboxylic acids is 1. The highest BCUT2D eigenvalue weighted by Crippen LogP contribution is 2.27. The Morgan fingerprint density at radius 2 is 1.80 bits per heavy atom. The minimum Gasteiger partial charge on any atom is -0.478 e. The summed E-state index contributed by atoms with van der Waals surface area (Å²) in [5.41, 5.74) is 1.16. The number of nitrogens with one attached hydrogen (secondary N) is 1. The van der Waals surface area contributed by atoms with Crippen molar-refractivity contribution in [3.05, 3.63) is 59.7 Å². The predicted molar refractivity (Wildman–Crippen MR) is 88.4 cm³/mol. The monoisotopic (exact) mass is 342 g/mol. The Morgan fingerprint density at radius 3 is 2.44 bits per heavy atom. The zero-order chi connectivity index (χ0) is 18.1. The second-order valence-electron chi connectivity index (χ2n) is 5.40. The number of aromatic carboxylic acids is 1. The largest absolute Gasteiger partial charge is 0.478 e. The number of pyridine rings is 1. The van der Waals surface area contributed by atoms with Crippen molar-refractivity contribution in [3.8, 4) is 11.3 Å². The molecule has 25 heavy (non-hydrogen) atoms. The molecule has 0 unspecified atom stereocenters. The number of hydrogen-bond acceptors (Lipinski definition) is 3. The molecule has 2 aromatic carbocycles. The Morgan fingerprint density at radius 1 is 1.04 bits per heavy atom. The van der Waals surface area contributed by atoms with Crippen LogP contribution >= 0.6 is 0 Å². The second kappa shape index (κ2) is 6.27. The normalized spacial score (nSPS) is 10.7. The maximum absolute atomic E-state index is 13.5. The summed E-state index contributed by atoms with van der Waals surface area (Å²) in [5, 5.41) is 12.4. The Balaban J connectivity index is 2.23. The average Bonchev–Trinajstić information content (AvgIpc) is 2.55. The Bertz CT molecular complexity index is 1020. The van der Waals surface area contributed by atoms with E-state index in [0.717, 1.165) is 12.1 Å². The number of aromatic nitrogens is 1. The molecule has 5 nitrogen and oxygen atoms in total. The van der Waals surface area contributed by atoms with Crippen LogP contribution in [-0.2, 0) is 4.79 Å². The van der Waals surface area contributed by atoms with Crippen molar-refractivity contribution >= 4 is 28.5 Å². The van der Waals surface area contributed by atoms with Crippen molar-refractivity contribution < 1.29 is 23.5 Å². The Hall–Kier alpha value is -3.35. The number of halogens is 2. The number of carbonyl (C=O) groups is 2. The van der Waals surface area contributed by atoms with E-state index in [4.69, 9.17) is 0 Å². The molecule has 0 radical (unpaired) electrons. The molecule has 0 bridgehead atoms. The van der Waals surface area contributed by atoms with Crippen LogP contribution in [0.1, 0.15) is 17.3 Å². The number of carboxylic acids is 1. The summed E-state index contributed by atoms with van der Waals surface area (Å²) in [6.45, 7) is 1.35. The summed E-state index contributed by atoms with van der Waals surface area (Å²) in [7, 11) is 0. The standard InChI is InChI=1S/C18H12F2N2O3/c1-9(23)21-11-3-4-12-13(18(24)25)8-16(22-17(12)7-11)10-2-5-14(19)15(20)6-10/h2-8H,1H3,(H,21,23)(H,24,25). The fourth-order valence-electron chi connectivity index (χ4n) is 2.49. The van der Waals surface area contributed by atoms with Crippen LogP contribution in [0, 0.1) is 11.6 Å². The fraction of sp³-hybridized carbons (Fsp3) is 0.0556. The van der Waals surface area contributed by atoms with Gasteiger partial charge < -0.3 is 10.4 Å². The van der Waals surface area contributed by atoms with E-state index in [1.165, 1.54) is 31.2 Å². The number of anilines is 1. The van der Waals surface area contributed by atoms with Gasteiger partial charge in [-0.05, 0) is 42.5 Å². The second-order valence-corrected chi connectivity index (χ2v) is 5.40. The molecule has 0 aliphatic heterocycles. The maximum Gasteiger partial charge on any atom is 0.336 e. The highest BCUT2D eigenvalue weighted by molar-refractivity contribution is 6.05. The van der Waals surface area contributed by atoms with Crippen molar-refractivity contribution in [2.24, 2.45) is 0 Å². The van der Waals surface area contributed by atoms with Crippen LogP contribution < -0.4 is 5.32 Å². The minimum atomic E-state index is -1.18. The molecule has 0 saturated heterocycles. The maximum atomic E-state index is 13.5. The summed E-state index contributed by atoms with van der Waals surface area (Å²) in [5.74, 6) is -3.52. The summed E-state index contributed by atoms with van der Waals surface area (Å²) in [4.78, 5) is 27.1. The minimum absolute atomic E-state index is 0.0286. The van der Waals surface area contributed by atoms with Crippen LogP contribution in [0.15, 0.2) is 42.5 Å². The topological polar surface area (TPSA) is 79.3 Å². The first-order valence-corrected chi connectivity index (χ1v) is 7.26. The number of rotatable bonds is 3. The van der Waals surface area contributed by atoms with E-state index in [9.17, 15) is 23.5 Å². The van der Waals surface area contributed by atoms with Crippen LogP contribution in [0.25, 0.3) is 22.2 Å². The summed E-state index contributed by atoms with van der Waals surface area (Å²) in [6, 6.07) is 9.14. The van der Waals surface area contributed by atoms with Gasteiger partial charge in [0.1, 0.15) is 0 Å². The molecule has 1 aromatic heterocycles. The fourth-order valence-corrected chi connectivity index (χ4v) is 2.49. The van der Waals surface area contributed by atoms with Gasteiger partial charge in [0.25, 0.3) is 0 Å². The molecule has 2 N–H and O–H groups in total. The van der Waals surface area contributed by atoms with Gasteiger partial charge in [-0.15, -0.1) is 0 Å². The average molecular weight is 342 g/mol. The van der Waals surface area contributed by atoms with Gasteiger partial charge in [0.05, 0.1) is 16.8 Å². The number of nitrogens with zero attached hydrogens (tertiary/aromatic N) is 1. The van der Waals surface area contributed by atoms with Crippen molar-refractivity contribution in [3.63, 3.8) is 0 Å². The number of hydrogen-bond donors (Lipinski definition) is 2. The van der Waals surface area contributed by atoms with Crippen molar-refractivity contribution in [1.82, 2.24) is 4.98 Å². The Labute approximate surface area is 140 Å². The van der Waals surface area contributed by atoms with Crippen LogP contribution in [0.3, 0.4) is 0 Å². The third-order valence-electron chi connectivity index (χ3n) is 3.58. The van der Waals surface area contributed by atoms with Gasteiger partial charge in [0.2, 0.25) is 5.91 Å². The molecule has 0 fully saturated rings. The molecule has 0 spiro atoms. The van der Waals surface area contributed by atoms with Crippen LogP contribution in [0.5, 0.6) is 0 Å². The highest BCUT2D eigenvalue weighted by atomic mass is 19.2. The van der Waals surface area contributed by atoms with Gasteiger partial charge in [-0.3, -0.25) is 4.79 Å². The lowest BCUT2D eigenvalue weighted by atomic mass is 10.0. The van der Waals surface area contributed by atoms with E-state index in [1.54, 1.807) is 6.07 Å². The van der Waals surface area contributed by atoms with Crippen molar-refractivity contribution in [2.75, 3.05) is 5.32 Å². The van der Waals surface area contributed by atoms with Gasteiger partial charge in [-0.1, -0.05) is 0 Å². The van der Waals surface area contributed by atoms with E-state index < -0.39 is 17.6 Å². The molecule has 1 heterocycles. The summed E-state index contributed by atoms with van der Waals surface area (Å²) in [6.07, 6.45) is 0. The molecular weight excluding hydrogens is 330 g/mol. The summed E-state index contributed by atoms with van der Waals surface area (Å²) >= 11 is 0. The van der Waals surface area contributed by atoms with Gasteiger partial charge in [0.15, 0.2) is 11.6 Å². The molecule has 0 atom stereocenters.